The summed E-state index contributed by atoms with van der Waals surface area (Å²) in [4.78, 5) is 20.9. The maximum atomic E-state index is 13.7. The molecular weight excluding hydrogens is 312 g/mol. The summed E-state index contributed by atoms with van der Waals surface area (Å²) in [6.07, 6.45) is -0.0381. The Labute approximate surface area is 118 Å². The van der Waals surface area contributed by atoms with Gasteiger partial charge in [-0.2, -0.15) is 4.39 Å². The molecule has 21 heavy (non-hydrogen) atoms. The van der Waals surface area contributed by atoms with E-state index in [4.69, 9.17) is 5.14 Å². The number of nitrogens with zero attached hydrogens (tertiary/aromatic N) is 1. The number of carbonyl (C=O) groups excluding carboxylic acids is 1. The van der Waals surface area contributed by atoms with Crippen LogP contribution in [0.25, 0.3) is 0 Å². The molecule has 116 valence electrons. The van der Waals surface area contributed by atoms with Crippen molar-refractivity contribution in [1.29, 1.82) is 0 Å². The van der Waals surface area contributed by atoms with Gasteiger partial charge in [-0.1, -0.05) is 0 Å². The van der Waals surface area contributed by atoms with Crippen LogP contribution in [0.5, 0.6) is 0 Å². The van der Waals surface area contributed by atoms with E-state index in [1.807, 2.05) is 0 Å². The topological polar surface area (TPSA) is 132 Å². The maximum absolute atomic E-state index is 13.7. The van der Waals surface area contributed by atoms with Gasteiger partial charge < -0.3 is 5.32 Å². The van der Waals surface area contributed by atoms with E-state index in [1.165, 1.54) is 0 Å². The number of nitro benzene ring substituents is 1. The van der Waals surface area contributed by atoms with Gasteiger partial charge in [0.1, 0.15) is 5.82 Å². The van der Waals surface area contributed by atoms with Gasteiger partial charge in [0.15, 0.2) is 0 Å². The Morgan fingerprint density at radius 3 is 2.52 bits per heavy atom. The number of benzene rings is 1. The Kier molecular flexibility index (Phi) is 5.27. The zero-order valence-corrected chi connectivity index (χ0v) is 11.3. The second kappa shape index (κ2) is 6.54. The zero-order valence-electron chi connectivity index (χ0n) is 10.5. The van der Waals surface area contributed by atoms with Crippen molar-refractivity contribution in [3.8, 4) is 0 Å². The standard InChI is InChI=1S/C10H11F2N3O5S/c11-6-4-7(9(12)8(5-6)15(17)18)10(16)14-2-1-3-21(13,19)20/h4-5H,1-3H2,(H,14,16)(H2,13,19,20). The van der Waals surface area contributed by atoms with E-state index < -0.39 is 49.5 Å². The monoisotopic (exact) mass is 323 g/mol. The molecule has 0 saturated heterocycles. The van der Waals surface area contributed by atoms with Gasteiger partial charge in [0.25, 0.3) is 5.91 Å². The van der Waals surface area contributed by atoms with Gasteiger partial charge in [-0.05, 0) is 12.5 Å². The summed E-state index contributed by atoms with van der Waals surface area (Å²) in [6, 6.07) is 0.866. The fourth-order valence-electron chi connectivity index (χ4n) is 1.44. The summed E-state index contributed by atoms with van der Waals surface area (Å²) in [6.45, 7) is -0.168. The van der Waals surface area contributed by atoms with Crippen LogP contribution in [0.15, 0.2) is 12.1 Å². The first-order chi connectivity index (χ1) is 9.61. The Morgan fingerprint density at radius 2 is 2.00 bits per heavy atom. The van der Waals surface area contributed by atoms with Crippen LogP contribution in [0.3, 0.4) is 0 Å². The first-order valence-electron chi connectivity index (χ1n) is 5.54. The second-order valence-electron chi connectivity index (χ2n) is 4.02. The molecule has 3 N–H and O–H groups in total. The lowest BCUT2D eigenvalue weighted by Crippen LogP contribution is -2.28. The van der Waals surface area contributed by atoms with Crippen molar-refractivity contribution in [1.82, 2.24) is 5.32 Å². The summed E-state index contributed by atoms with van der Waals surface area (Å²) >= 11 is 0. The van der Waals surface area contributed by atoms with Crippen molar-refractivity contribution in [2.45, 2.75) is 6.42 Å². The fourth-order valence-corrected chi connectivity index (χ4v) is 1.99. The highest BCUT2D eigenvalue weighted by molar-refractivity contribution is 7.89. The minimum absolute atomic E-state index is 0.0381. The van der Waals surface area contributed by atoms with E-state index >= 15 is 0 Å². The minimum atomic E-state index is -3.69. The molecule has 0 bridgehead atoms. The molecule has 0 aromatic heterocycles. The highest BCUT2D eigenvalue weighted by atomic mass is 32.2. The number of nitrogens with one attached hydrogen (secondary N) is 1. The van der Waals surface area contributed by atoms with Crippen LogP contribution in [0.4, 0.5) is 14.5 Å². The molecule has 8 nitrogen and oxygen atoms in total. The minimum Gasteiger partial charge on any atom is -0.352 e. The summed E-state index contributed by atoms with van der Waals surface area (Å²) in [5.74, 6) is -4.10. The number of hydrogen-bond acceptors (Lipinski definition) is 5. The molecule has 1 aromatic carbocycles. The number of rotatable bonds is 6. The smallest absolute Gasteiger partial charge is 0.308 e. The summed E-state index contributed by atoms with van der Waals surface area (Å²) in [7, 11) is -3.69. The summed E-state index contributed by atoms with van der Waals surface area (Å²) < 4.78 is 48.1. The molecule has 0 heterocycles. The lowest BCUT2D eigenvalue weighted by Gasteiger charge is -2.06. The van der Waals surface area contributed by atoms with E-state index in [0.29, 0.717) is 12.1 Å². The van der Waals surface area contributed by atoms with E-state index in [2.05, 4.69) is 5.32 Å². The molecule has 1 amide bonds. The van der Waals surface area contributed by atoms with E-state index in [9.17, 15) is 32.1 Å². The van der Waals surface area contributed by atoms with Crippen molar-refractivity contribution < 1.29 is 26.9 Å². The maximum Gasteiger partial charge on any atom is 0.308 e. The normalized spacial score (nSPS) is 11.2. The predicted molar refractivity (Wildman–Crippen MR) is 67.9 cm³/mol. The van der Waals surface area contributed by atoms with Crippen LogP contribution < -0.4 is 10.5 Å². The number of carbonyl (C=O) groups is 1. The van der Waals surface area contributed by atoms with Crippen LogP contribution in [0.1, 0.15) is 16.8 Å². The van der Waals surface area contributed by atoms with Gasteiger partial charge in [0.05, 0.1) is 22.3 Å². The van der Waals surface area contributed by atoms with Gasteiger partial charge in [0, 0.05) is 6.54 Å². The molecule has 1 rings (SSSR count). The molecule has 1 aromatic rings. The number of halogens is 2. The molecule has 0 saturated carbocycles. The van der Waals surface area contributed by atoms with Gasteiger partial charge in [0.2, 0.25) is 15.8 Å². The van der Waals surface area contributed by atoms with Gasteiger partial charge in [-0.3, -0.25) is 14.9 Å². The van der Waals surface area contributed by atoms with Crippen molar-refractivity contribution in [2.24, 2.45) is 5.14 Å². The third-order valence-electron chi connectivity index (χ3n) is 2.35. The predicted octanol–water partition coefficient (Wildman–Crippen LogP) is 0.281. The van der Waals surface area contributed by atoms with E-state index in [-0.39, 0.29) is 13.0 Å². The lowest BCUT2D eigenvalue weighted by atomic mass is 10.1. The first-order valence-corrected chi connectivity index (χ1v) is 7.25. The Hall–Kier alpha value is -2.14. The molecule has 0 atom stereocenters. The third-order valence-corrected chi connectivity index (χ3v) is 3.21. The quantitative estimate of drug-likeness (QED) is 0.441. The van der Waals surface area contributed by atoms with E-state index in [1.54, 1.807) is 0 Å². The largest absolute Gasteiger partial charge is 0.352 e. The molecular formula is C10H11F2N3O5S. The highest BCUT2D eigenvalue weighted by Gasteiger charge is 2.24. The molecule has 0 aliphatic carbocycles. The number of primary sulfonamides is 1. The number of nitro groups is 1. The first kappa shape index (κ1) is 16.9. The number of sulfonamides is 1. The van der Waals surface area contributed by atoms with Gasteiger partial charge >= 0.3 is 5.69 Å². The van der Waals surface area contributed by atoms with Gasteiger partial charge in [-0.15, -0.1) is 0 Å². The van der Waals surface area contributed by atoms with Crippen LogP contribution in [-0.4, -0.2) is 31.5 Å². The van der Waals surface area contributed by atoms with Crippen LogP contribution in [0.2, 0.25) is 0 Å². The van der Waals surface area contributed by atoms with Crippen molar-refractivity contribution >= 4 is 21.6 Å². The van der Waals surface area contributed by atoms with E-state index in [0.717, 1.165) is 0 Å². The van der Waals surface area contributed by atoms with Crippen molar-refractivity contribution in [3.63, 3.8) is 0 Å². The average Bonchev–Trinajstić information content (AvgIpc) is 2.35. The molecule has 0 unspecified atom stereocenters. The Morgan fingerprint density at radius 1 is 1.38 bits per heavy atom. The molecule has 0 aliphatic heterocycles. The third kappa shape index (κ3) is 5.04. The highest BCUT2D eigenvalue weighted by Crippen LogP contribution is 2.22. The molecule has 0 radical (unpaired) electrons. The summed E-state index contributed by atoms with van der Waals surface area (Å²) in [5.41, 5.74) is -2.00. The SMILES string of the molecule is NS(=O)(=O)CCCNC(=O)c1cc(F)cc([N+](=O)[O-])c1F. The molecule has 11 heteroatoms. The number of nitrogens with two attached hydrogens (primary N) is 1. The van der Waals surface area contributed by atoms with Crippen LogP contribution in [-0.2, 0) is 10.0 Å². The summed E-state index contributed by atoms with van der Waals surface area (Å²) in [5, 5.41) is 17.4. The van der Waals surface area contributed by atoms with Crippen LogP contribution >= 0.6 is 0 Å². The molecule has 0 spiro atoms. The Bertz CT molecular complexity index is 678. The zero-order chi connectivity index (χ0) is 16.2. The molecule has 0 fully saturated rings. The molecule has 0 aliphatic rings. The Balaban J connectivity index is 2.81. The van der Waals surface area contributed by atoms with Gasteiger partial charge in [-0.25, -0.2) is 17.9 Å². The van der Waals surface area contributed by atoms with Crippen LogP contribution in [0, 0.1) is 21.7 Å². The number of amides is 1. The van der Waals surface area contributed by atoms with Crippen molar-refractivity contribution in [3.05, 3.63) is 39.4 Å². The second-order valence-corrected chi connectivity index (χ2v) is 5.75. The fraction of sp³-hybridized carbons (Fsp3) is 0.300. The number of hydrogen-bond donors (Lipinski definition) is 2. The lowest BCUT2D eigenvalue weighted by molar-refractivity contribution is -0.387. The van der Waals surface area contributed by atoms with Crippen molar-refractivity contribution in [2.75, 3.05) is 12.3 Å². The average molecular weight is 323 g/mol.